The van der Waals surface area contributed by atoms with Gasteiger partial charge in [0.15, 0.2) is 11.5 Å². The summed E-state index contributed by atoms with van der Waals surface area (Å²) in [5.41, 5.74) is 0.862. The van der Waals surface area contributed by atoms with Crippen LogP contribution < -0.4 is 9.47 Å². The fourth-order valence-corrected chi connectivity index (χ4v) is 6.58. The smallest absolute Gasteiger partial charge is 0.238 e. The molecule has 1 aromatic carbocycles. The van der Waals surface area contributed by atoms with Gasteiger partial charge in [0.2, 0.25) is 22.7 Å². The second-order valence-electron chi connectivity index (χ2n) is 10.8. The first-order valence-electron chi connectivity index (χ1n) is 14.8. The maximum absolute atomic E-state index is 13.8. The van der Waals surface area contributed by atoms with Gasteiger partial charge >= 0.3 is 0 Å². The highest BCUT2D eigenvalue weighted by atomic mass is 32.2. The van der Waals surface area contributed by atoms with Crippen molar-refractivity contribution in [3.8, 4) is 11.5 Å². The number of amides is 1. The maximum Gasteiger partial charge on any atom is 0.238 e. The van der Waals surface area contributed by atoms with Crippen LogP contribution in [0.4, 0.5) is 0 Å². The molecule has 0 atom stereocenters. The van der Waals surface area contributed by atoms with Crippen molar-refractivity contribution >= 4 is 15.9 Å². The van der Waals surface area contributed by atoms with Gasteiger partial charge in [-0.15, -0.1) is 0 Å². The third kappa shape index (κ3) is 9.73. The molecule has 2 aliphatic rings. The highest BCUT2D eigenvalue weighted by molar-refractivity contribution is 7.89. The third-order valence-corrected chi connectivity index (χ3v) is 9.44. The van der Waals surface area contributed by atoms with Crippen LogP contribution in [0, 0.1) is 6.92 Å². The van der Waals surface area contributed by atoms with Crippen molar-refractivity contribution < 1.29 is 31.8 Å². The van der Waals surface area contributed by atoms with Crippen LogP contribution in [0.5, 0.6) is 11.5 Å². The number of hydrogen-bond acceptors (Lipinski definition) is 8. The summed E-state index contributed by atoms with van der Waals surface area (Å²) in [5.74, 6) is 2.48. The van der Waals surface area contributed by atoms with Gasteiger partial charge in [0, 0.05) is 32.7 Å². The van der Waals surface area contributed by atoms with E-state index in [0.717, 1.165) is 50.1 Å². The molecular weight excluding hydrogens is 546 g/mol. The molecule has 41 heavy (non-hydrogen) atoms. The Bertz CT molecular complexity index is 1210. The number of morpholine rings is 1. The van der Waals surface area contributed by atoms with E-state index < -0.39 is 10.0 Å². The molecule has 0 spiro atoms. The number of ether oxygens (including phenoxy) is 3. The molecule has 1 fully saturated rings. The SMILES string of the molecule is CCCCCCCCS(=O)(=O)N(CCN1CCOCC1)CC(=O)N(Cc1ccc2c(c1)OCO2)Cc1ccc(C)o1. The van der Waals surface area contributed by atoms with Crippen LogP contribution in [0.2, 0.25) is 0 Å². The zero-order valence-electron chi connectivity index (χ0n) is 24.5. The predicted molar refractivity (Wildman–Crippen MR) is 156 cm³/mol. The van der Waals surface area contributed by atoms with Gasteiger partial charge in [-0.25, -0.2) is 8.42 Å². The molecule has 0 N–H and O–H groups in total. The van der Waals surface area contributed by atoms with E-state index in [0.29, 0.717) is 43.4 Å². The van der Waals surface area contributed by atoms with Crippen LogP contribution in [-0.2, 0) is 32.6 Å². The predicted octanol–water partition coefficient (Wildman–Crippen LogP) is 4.17. The molecule has 3 heterocycles. The van der Waals surface area contributed by atoms with Crippen LogP contribution >= 0.6 is 0 Å². The fourth-order valence-electron chi connectivity index (χ4n) is 5.09. The molecule has 0 saturated carbocycles. The second kappa shape index (κ2) is 15.6. The number of nitrogens with zero attached hydrogens (tertiary/aromatic N) is 3. The zero-order valence-corrected chi connectivity index (χ0v) is 25.3. The molecular formula is C30H45N3O7S. The highest BCUT2D eigenvalue weighted by Gasteiger charge is 2.28. The Balaban J connectivity index is 1.47. The van der Waals surface area contributed by atoms with E-state index in [2.05, 4.69) is 11.8 Å². The van der Waals surface area contributed by atoms with Crippen molar-refractivity contribution in [1.29, 1.82) is 0 Å². The monoisotopic (exact) mass is 591 g/mol. The Morgan fingerprint density at radius 3 is 2.46 bits per heavy atom. The third-order valence-electron chi connectivity index (χ3n) is 7.54. The van der Waals surface area contributed by atoms with Gasteiger partial charge in [-0.05, 0) is 43.2 Å². The summed E-state index contributed by atoms with van der Waals surface area (Å²) in [4.78, 5) is 17.7. The topological polar surface area (TPSA) is 102 Å². The zero-order chi connectivity index (χ0) is 29.1. The van der Waals surface area contributed by atoms with E-state index in [9.17, 15) is 13.2 Å². The Hall–Kier alpha value is -2.60. The number of rotatable bonds is 17. The average molecular weight is 592 g/mol. The lowest BCUT2D eigenvalue weighted by Crippen LogP contribution is -2.47. The number of furan rings is 1. The molecule has 1 saturated heterocycles. The van der Waals surface area contributed by atoms with Gasteiger partial charge in [0.05, 0.1) is 32.1 Å². The largest absolute Gasteiger partial charge is 0.464 e. The lowest BCUT2D eigenvalue weighted by molar-refractivity contribution is -0.133. The molecule has 0 radical (unpaired) electrons. The normalized spacial score (nSPS) is 15.5. The minimum absolute atomic E-state index is 0.0507. The summed E-state index contributed by atoms with van der Waals surface area (Å²) in [6.45, 7) is 8.10. The summed E-state index contributed by atoms with van der Waals surface area (Å²) in [6, 6.07) is 9.30. The molecule has 2 aromatic rings. The van der Waals surface area contributed by atoms with Crippen LogP contribution in [0.25, 0.3) is 0 Å². The molecule has 10 nitrogen and oxygen atoms in total. The van der Waals surface area contributed by atoms with Crippen molar-refractivity contribution in [2.24, 2.45) is 0 Å². The van der Waals surface area contributed by atoms with E-state index in [1.54, 1.807) is 4.90 Å². The highest BCUT2D eigenvalue weighted by Crippen LogP contribution is 2.33. The van der Waals surface area contributed by atoms with Gasteiger partial charge in [-0.2, -0.15) is 4.31 Å². The molecule has 4 rings (SSSR count). The van der Waals surface area contributed by atoms with Gasteiger partial charge in [-0.3, -0.25) is 9.69 Å². The van der Waals surface area contributed by atoms with Gasteiger partial charge in [0.1, 0.15) is 11.5 Å². The summed E-state index contributed by atoms with van der Waals surface area (Å²) in [6.07, 6.45) is 5.94. The minimum atomic E-state index is -3.63. The first-order chi connectivity index (χ1) is 19.8. The molecule has 1 aromatic heterocycles. The molecule has 0 unspecified atom stereocenters. The maximum atomic E-state index is 13.8. The van der Waals surface area contributed by atoms with Crippen LogP contribution in [0.1, 0.15) is 62.5 Å². The summed E-state index contributed by atoms with van der Waals surface area (Å²) >= 11 is 0. The van der Waals surface area contributed by atoms with Crippen LogP contribution in [0.15, 0.2) is 34.7 Å². The number of carbonyl (C=O) groups is 1. The Kier molecular flexibility index (Phi) is 11.9. The van der Waals surface area contributed by atoms with Crippen molar-refractivity contribution in [3.63, 3.8) is 0 Å². The van der Waals surface area contributed by atoms with Gasteiger partial charge in [-0.1, -0.05) is 45.1 Å². The van der Waals surface area contributed by atoms with Crippen molar-refractivity contribution in [2.75, 3.05) is 58.5 Å². The Labute approximate surface area is 244 Å². The fraction of sp³-hybridized carbons (Fsp3) is 0.633. The molecule has 2 aliphatic heterocycles. The number of carbonyl (C=O) groups excluding carboxylic acids is 1. The summed E-state index contributed by atoms with van der Waals surface area (Å²) < 4.78 is 50.7. The van der Waals surface area contributed by atoms with E-state index in [1.807, 2.05) is 37.3 Å². The van der Waals surface area contributed by atoms with E-state index in [1.165, 1.54) is 10.7 Å². The van der Waals surface area contributed by atoms with E-state index >= 15 is 0 Å². The minimum Gasteiger partial charge on any atom is -0.464 e. The Morgan fingerprint density at radius 2 is 1.71 bits per heavy atom. The van der Waals surface area contributed by atoms with E-state index in [4.69, 9.17) is 18.6 Å². The summed E-state index contributed by atoms with van der Waals surface area (Å²) in [5, 5.41) is 0. The molecule has 0 aliphatic carbocycles. The van der Waals surface area contributed by atoms with Crippen LogP contribution in [0.3, 0.4) is 0 Å². The van der Waals surface area contributed by atoms with Crippen molar-refractivity contribution in [3.05, 3.63) is 47.4 Å². The average Bonchev–Trinajstić information content (AvgIpc) is 3.61. The van der Waals surface area contributed by atoms with Gasteiger partial charge in [0.25, 0.3) is 0 Å². The van der Waals surface area contributed by atoms with Crippen molar-refractivity contribution in [2.45, 2.75) is 65.5 Å². The molecule has 1 amide bonds. The van der Waals surface area contributed by atoms with Crippen LogP contribution in [-0.4, -0.2) is 86.9 Å². The first-order valence-corrected chi connectivity index (χ1v) is 16.4. The number of fused-ring (bicyclic) bond motifs is 1. The Morgan fingerprint density at radius 1 is 0.951 bits per heavy atom. The number of unbranched alkanes of at least 4 members (excludes halogenated alkanes) is 5. The van der Waals surface area contributed by atoms with E-state index in [-0.39, 0.29) is 44.6 Å². The summed E-state index contributed by atoms with van der Waals surface area (Å²) in [7, 11) is -3.63. The molecule has 228 valence electrons. The number of aryl methyl sites for hydroxylation is 1. The van der Waals surface area contributed by atoms with Gasteiger partial charge < -0.3 is 23.5 Å². The first kappa shape index (κ1) is 31.3. The van der Waals surface area contributed by atoms with Crippen molar-refractivity contribution in [1.82, 2.24) is 14.1 Å². The number of benzene rings is 1. The standard InChI is InChI=1S/C30H45N3O7S/c1-3-4-5-6-7-8-19-41(35,36)33(14-13-31-15-17-37-18-16-31)23-30(34)32(22-27-11-9-25(2)40-27)21-26-10-12-28-29(20-26)39-24-38-28/h9-12,20H,3-8,13-19,21-24H2,1-2H3. The number of sulfonamides is 1. The number of hydrogen-bond donors (Lipinski definition) is 0. The lowest BCUT2D eigenvalue weighted by Gasteiger charge is -2.31. The molecule has 11 heteroatoms. The second-order valence-corrected chi connectivity index (χ2v) is 12.9. The molecule has 0 bridgehead atoms. The lowest BCUT2D eigenvalue weighted by atomic mass is 10.1. The quantitative estimate of drug-likeness (QED) is 0.253.